The number of aliphatic carboxylic acids is 3. The van der Waals surface area contributed by atoms with Gasteiger partial charge < -0.3 is 30.5 Å². The van der Waals surface area contributed by atoms with Crippen molar-refractivity contribution in [1.29, 1.82) is 0 Å². The predicted molar refractivity (Wildman–Crippen MR) is 177 cm³/mol. The molecule has 1 rings (SSSR count). The molecule has 11 nitrogen and oxygen atoms in total. The number of carbonyl (C=O) groups is 5. The van der Waals surface area contributed by atoms with Crippen LogP contribution in [-0.4, -0.2) is 68.3 Å². The Balaban J connectivity index is 2.83. The number of rotatable bonds is 25. The van der Waals surface area contributed by atoms with Gasteiger partial charge in [-0.15, -0.1) is 5.92 Å². The van der Waals surface area contributed by atoms with E-state index in [-0.39, 0.29) is 18.8 Å². The lowest BCUT2D eigenvalue weighted by molar-refractivity contribution is -0.172. The number of hydrogen-bond acceptors (Lipinski definition) is 7. The molecule has 0 saturated heterocycles. The summed E-state index contributed by atoms with van der Waals surface area (Å²) in [5.41, 5.74) is -2.49. The third-order valence-electron chi connectivity index (χ3n) is 7.64. The number of carbonyl (C=O) groups excluding carboxylic acids is 2. The van der Waals surface area contributed by atoms with Gasteiger partial charge in [-0.25, -0.2) is 9.59 Å². The standard InChI is InChI=1S/C36H51NO10/c1-3-5-7-10-13-17-28(38)18-14-11-8-9-12-15-19-30(36(46,35(44)45)26-32(39)40)33(41)37-31(34(42)43)25-27-20-22-29(23-21-27)47-24-16-6-4-2/h15,19-23,30-31,46H,3-5,7-14,17-18,24-26H2,1-2H3,(H,37,41)(H,39,40)(H,42,43)(H,44,45)/b19-15+/t30-,31-,36-/m0/s1. The van der Waals surface area contributed by atoms with Crippen molar-refractivity contribution in [2.75, 3.05) is 6.61 Å². The zero-order valence-corrected chi connectivity index (χ0v) is 27.7. The molecular formula is C36H51NO10. The van der Waals surface area contributed by atoms with Gasteiger partial charge in [0.2, 0.25) is 5.91 Å². The number of ether oxygens (including phenoxy) is 1. The molecule has 0 aliphatic rings. The first-order valence-electron chi connectivity index (χ1n) is 16.5. The van der Waals surface area contributed by atoms with Gasteiger partial charge >= 0.3 is 17.9 Å². The van der Waals surface area contributed by atoms with Crippen LogP contribution in [0.2, 0.25) is 0 Å². The number of carboxylic acid groups (broad SMARTS) is 3. The van der Waals surface area contributed by atoms with Gasteiger partial charge in [-0.2, -0.15) is 0 Å². The van der Waals surface area contributed by atoms with E-state index in [2.05, 4.69) is 24.1 Å². The Kier molecular flexibility index (Phi) is 20.2. The Morgan fingerprint density at radius 2 is 1.49 bits per heavy atom. The summed E-state index contributed by atoms with van der Waals surface area (Å²) in [5.74, 6) is -1.49. The van der Waals surface area contributed by atoms with Crippen LogP contribution in [0, 0.1) is 17.8 Å². The maximum absolute atomic E-state index is 13.3. The number of carboxylic acids is 3. The SMILES string of the molecule is CCC#CCOc1ccc(C[C@H](NC(=O)[C@H](/C=C/CCCCCCC(=O)CCCCCCC)[C@@](O)(CC(=O)O)C(=O)O)C(=O)O)cc1. The van der Waals surface area contributed by atoms with Crippen LogP contribution in [0.5, 0.6) is 5.75 Å². The van der Waals surface area contributed by atoms with Crippen molar-refractivity contribution in [3.8, 4) is 17.6 Å². The van der Waals surface area contributed by atoms with E-state index in [1.807, 2.05) is 6.92 Å². The van der Waals surface area contributed by atoms with Crippen molar-refractivity contribution in [1.82, 2.24) is 5.32 Å². The molecule has 5 N–H and O–H groups in total. The fraction of sp³-hybridized carbons (Fsp3) is 0.583. The van der Waals surface area contributed by atoms with Gasteiger partial charge in [0.1, 0.15) is 24.2 Å². The second kappa shape index (κ2) is 23.2. The Morgan fingerprint density at radius 3 is 2.04 bits per heavy atom. The summed E-state index contributed by atoms with van der Waals surface area (Å²) in [5, 5.41) is 42.0. The van der Waals surface area contributed by atoms with Crippen molar-refractivity contribution in [2.45, 2.75) is 122 Å². The number of nitrogens with one attached hydrogen (secondary N) is 1. The summed E-state index contributed by atoms with van der Waals surface area (Å²) in [4.78, 5) is 60.9. The summed E-state index contributed by atoms with van der Waals surface area (Å²) in [7, 11) is 0. The molecule has 0 spiro atoms. The summed E-state index contributed by atoms with van der Waals surface area (Å²) < 4.78 is 5.50. The fourth-order valence-electron chi connectivity index (χ4n) is 4.95. The number of unbranched alkanes of at least 4 members (excludes halogenated alkanes) is 8. The Morgan fingerprint density at radius 1 is 0.872 bits per heavy atom. The quantitative estimate of drug-likeness (QED) is 0.0523. The molecular weight excluding hydrogens is 606 g/mol. The van der Waals surface area contributed by atoms with Gasteiger partial charge in [0, 0.05) is 25.7 Å². The minimum atomic E-state index is -3.02. The van der Waals surface area contributed by atoms with E-state index in [0.717, 1.165) is 51.0 Å². The smallest absolute Gasteiger partial charge is 0.337 e. The third kappa shape index (κ3) is 16.8. The van der Waals surface area contributed by atoms with Crippen LogP contribution in [0.3, 0.4) is 0 Å². The summed E-state index contributed by atoms with van der Waals surface area (Å²) in [6.45, 7) is 4.26. The van der Waals surface area contributed by atoms with Crippen LogP contribution in [0.25, 0.3) is 0 Å². The molecule has 3 atom stereocenters. The van der Waals surface area contributed by atoms with E-state index in [1.165, 1.54) is 12.5 Å². The predicted octanol–water partition coefficient (Wildman–Crippen LogP) is 5.32. The van der Waals surface area contributed by atoms with Crippen LogP contribution in [0.4, 0.5) is 0 Å². The molecule has 0 saturated carbocycles. The first kappa shape index (κ1) is 40.9. The molecule has 47 heavy (non-hydrogen) atoms. The summed E-state index contributed by atoms with van der Waals surface area (Å²) in [6.07, 6.45) is 11.9. The van der Waals surface area contributed by atoms with Gasteiger partial charge in [-0.1, -0.05) is 82.6 Å². The molecule has 1 amide bonds. The van der Waals surface area contributed by atoms with Gasteiger partial charge in [-0.05, 0) is 43.4 Å². The highest BCUT2D eigenvalue weighted by Crippen LogP contribution is 2.26. The molecule has 0 bridgehead atoms. The zero-order chi connectivity index (χ0) is 35.1. The highest BCUT2D eigenvalue weighted by atomic mass is 16.5. The van der Waals surface area contributed by atoms with Crippen molar-refractivity contribution in [3.63, 3.8) is 0 Å². The molecule has 11 heteroatoms. The number of Topliss-reactive ketones (excluding diaryl/α,β-unsaturated/α-hetero) is 1. The molecule has 0 unspecified atom stereocenters. The average Bonchev–Trinajstić information content (AvgIpc) is 3.02. The second-order valence-electron chi connectivity index (χ2n) is 11.6. The Labute approximate surface area is 277 Å². The lowest BCUT2D eigenvalue weighted by Crippen LogP contribution is -2.55. The molecule has 0 heterocycles. The number of amides is 1. The van der Waals surface area contributed by atoms with E-state index in [1.54, 1.807) is 24.3 Å². The zero-order valence-electron chi connectivity index (χ0n) is 27.7. The largest absolute Gasteiger partial charge is 0.481 e. The highest BCUT2D eigenvalue weighted by Gasteiger charge is 2.49. The molecule has 0 fully saturated rings. The second-order valence-corrected chi connectivity index (χ2v) is 11.6. The third-order valence-corrected chi connectivity index (χ3v) is 7.64. The maximum Gasteiger partial charge on any atom is 0.337 e. The van der Waals surface area contributed by atoms with Crippen LogP contribution >= 0.6 is 0 Å². The molecule has 0 aromatic heterocycles. The van der Waals surface area contributed by atoms with Crippen molar-refractivity contribution >= 4 is 29.6 Å². The molecule has 260 valence electrons. The number of aliphatic hydroxyl groups is 1. The van der Waals surface area contributed by atoms with Crippen LogP contribution < -0.4 is 10.1 Å². The van der Waals surface area contributed by atoms with Crippen molar-refractivity contribution in [3.05, 3.63) is 42.0 Å². The lowest BCUT2D eigenvalue weighted by atomic mass is 9.82. The topological polar surface area (TPSA) is 188 Å². The lowest BCUT2D eigenvalue weighted by Gasteiger charge is -2.29. The van der Waals surface area contributed by atoms with Crippen LogP contribution in [-0.2, 0) is 30.4 Å². The van der Waals surface area contributed by atoms with Crippen LogP contribution in [0.15, 0.2) is 36.4 Å². The monoisotopic (exact) mass is 657 g/mol. The van der Waals surface area contributed by atoms with Crippen molar-refractivity contribution < 1.29 is 49.1 Å². The van der Waals surface area contributed by atoms with Gasteiger partial charge in [0.05, 0.1) is 12.3 Å². The molecule has 1 aromatic carbocycles. The highest BCUT2D eigenvalue weighted by molar-refractivity contribution is 5.94. The molecule has 1 aromatic rings. The van der Waals surface area contributed by atoms with E-state index in [0.29, 0.717) is 43.4 Å². The average molecular weight is 658 g/mol. The van der Waals surface area contributed by atoms with Gasteiger partial charge in [-0.3, -0.25) is 14.4 Å². The van der Waals surface area contributed by atoms with Gasteiger partial charge in [0.25, 0.3) is 0 Å². The van der Waals surface area contributed by atoms with E-state index in [4.69, 9.17) is 4.74 Å². The number of hydrogen-bond donors (Lipinski definition) is 5. The number of ketones is 1. The summed E-state index contributed by atoms with van der Waals surface area (Å²) in [6, 6.07) is 4.98. The van der Waals surface area contributed by atoms with Crippen molar-refractivity contribution in [2.24, 2.45) is 5.92 Å². The normalized spacial score (nSPS) is 13.5. The molecule has 0 radical (unpaired) electrons. The van der Waals surface area contributed by atoms with E-state index >= 15 is 0 Å². The minimum absolute atomic E-state index is 0.167. The van der Waals surface area contributed by atoms with Gasteiger partial charge in [0.15, 0.2) is 5.60 Å². The molecule has 0 aliphatic heterocycles. The fourth-order valence-corrected chi connectivity index (χ4v) is 4.95. The summed E-state index contributed by atoms with van der Waals surface area (Å²) >= 11 is 0. The van der Waals surface area contributed by atoms with Crippen LogP contribution in [0.1, 0.15) is 109 Å². The Bertz CT molecular complexity index is 1230. The number of benzene rings is 1. The van der Waals surface area contributed by atoms with E-state index in [9.17, 15) is 44.4 Å². The molecule has 0 aliphatic carbocycles. The first-order chi connectivity index (χ1) is 22.4. The minimum Gasteiger partial charge on any atom is -0.481 e. The maximum atomic E-state index is 13.3. The first-order valence-corrected chi connectivity index (χ1v) is 16.5. The van der Waals surface area contributed by atoms with E-state index < -0.39 is 47.8 Å². The Hall–Kier alpha value is -4.17. The number of allylic oxidation sites excluding steroid dienone is 1.